The third-order valence-electron chi connectivity index (χ3n) is 4.76. The number of hydrogen-bond acceptors (Lipinski definition) is 5. The van der Waals surface area contributed by atoms with Crippen molar-refractivity contribution in [1.82, 2.24) is 19.6 Å². The second-order valence-corrected chi connectivity index (χ2v) is 9.45. The van der Waals surface area contributed by atoms with Crippen LogP contribution in [-0.2, 0) is 9.84 Å². The Balaban J connectivity index is 1.79. The first-order valence-electron chi connectivity index (χ1n) is 9.12. The van der Waals surface area contributed by atoms with Gasteiger partial charge in [0.05, 0.1) is 29.0 Å². The fourth-order valence-electron chi connectivity index (χ4n) is 3.35. The summed E-state index contributed by atoms with van der Waals surface area (Å²) in [7, 11) is 0.904. The summed E-state index contributed by atoms with van der Waals surface area (Å²) in [5.41, 5.74) is 1.35. The summed E-state index contributed by atoms with van der Waals surface area (Å²) in [5, 5.41) is 4.30. The first-order chi connectivity index (χ1) is 12.9. The third kappa shape index (κ3) is 4.95. The Labute approximate surface area is 160 Å². The molecule has 0 bridgehead atoms. The van der Waals surface area contributed by atoms with Crippen molar-refractivity contribution in [2.75, 3.05) is 38.7 Å². The number of sulfone groups is 1. The quantitative estimate of drug-likeness (QED) is 0.715. The van der Waals surface area contributed by atoms with Crippen LogP contribution in [0.25, 0.3) is 5.69 Å². The Morgan fingerprint density at radius 1 is 1.22 bits per heavy atom. The van der Waals surface area contributed by atoms with Crippen LogP contribution in [0.4, 0.5) is 0 Å². The van der Waals surface area contributed by atoms with E-state index in [9.17, 15) is 13.2 Å². The van der Waals surface area contributed by atoms with Gasteiger partial charge >= 0.3 is 0 Å². The normalized spacial score (nSPS) is 18.7. The minimum absolute atomic E-state index is 0.0491. The molecule has 2 aromatic rings. The van der Waals surface area contributed by atoms with Crippen LogP contribution in [0.2, 0.25) is 0 Å². The molecule has 0 N–H and O–H groups in total. The lowest BCUT2D eigenvalue weighted by atomic mass is 10.1. The lowest BCUT2D eigenvalue weighted by Gasteiger charge is -2.28. The molecule has 1 amide bonds. The van der Waals surface area contributed by atoms with Crippen molar-refractivity contribution >= 4 is 15.7 Å². The minimum atomic E-state index is -3.06. The van der Waals surface area contributed by atoms with Gasteiger partial charge < -0.3 is 9.80 Å². The monoisotopic (exact) mass is 390 g/mol. The van der Waals surface area contributed by atoms with E-state index in [-0.39, 0.29) is 23.5 Å². The maximum absolute atomic E-state index is 13.1. The lowest BCUT2D eigenvalue weighted by Crippen LogP contribution is -2.42. The molecule has 1 aromatic carbocycles. The van der Waals surface area contributed by atoms with E-state index in [4.69, 9.17) is 0 Å². The number of hydrogen-bond donors (Lipinski definition) is 0. The van der Waals surface area contributed by atoms with Crippen LogP contribution in [0.3, 0.4) is 0 Å². The summed E-state index contributed by atoms with van der Waals surface area (Å²) in [5.74, 6) is 0.0457. The van der Waals surface area contributed by atoms with Crippen LogP contribution in [-0.4, -0.2) is 78.6 Å². The van der Waals surface area contributed by atoms with E-state index >= 15 is 0 Å². The van der Waals surface area contributed by atoms with Gasteiger partial charge in [-0.15, -0.1) is 0 Å². The lowest BCUT2D eigenvalue weighted by molar-refractivity contribution is 0.0690. The standard InChI is InChI=1S/C19H26N4O3S/c1-21(2)10-6-11-22(18-9-12-27(25,26)15-18)19(24)16-13-20-23(14-16)17-7-4-3-5-8-17/h3-5,7-8,13-14,18H,6,9-12,15H2,1-2H3. The van der Waals surface area contributed by atoms with Gasteiger partial charge in [-0.2, -0.15) is 5.10 Å². The van der Waals surface area contributed by atoms with E-state index in [0.29, 0.717) is 18.5 Å². The van der Waals surface area contributed by atoms with Crippen LogP contribution in [0.1, 0.15) is 23.2 Å². The minimum Gasteiger partial charge on any atom is -0.334 e. The number of carbonyl (C=O) groups is 1. The van der Waals surface area contributed by atoms with Crippen molar-refractivity contribution in [3.63, 3.8) is 0 Å². The Bertz CT molecular complexity index is 877. The molecule has 7 nitrogen and oxygen atoms in total. The molecule has 1 fully saturated rings. The van der Waals surface area contributed by atoms with Gasteiger partial charge in [0.25, 0.3) is 5.91 Å². The molecule has 1 aliphatic heterocycles. The molecule has 27 heavy (non-hydrogen) atoms. The first kappa shape index (κ1) is 19.6. The number of amides is 1. The SMILES string of the molecule is CN(C)CCCN(C(=O)c1cnn(-c2ccccc2)c1)C1CCS(=O)(=O)C1. The van der Waals surface area contributed by atoms with Crippen LogP contribution in [0, 0.1) is 0 Å². The highest BCUT2D eigenvalue weighted by Crippen LogP contribution is 2.21. The molecule has 1 unspecified atom stereocenters. The molecule has 0 radical (unpaired) electrons. The molecule has 2 heterocycles. The Morgan fingerprint density at radius 2 is 1.96 bits per heavy atom. The van der Waals surface area contributed by atoms with Crippen molar-refractivity contribution < 1.29 is 13.2 Å². The number of nitrogens with zero attached hydrogens (tertiary/aromatic N) is 4. The van der Waals surface area contributed by atoms with Crippen molar-refractivity contribution in [2.24, 2.45) is 0 Å². The average molecular weight is 391 g/mol. The van der Waals surface area contributed by atoms with Crippen molar-refractivity contribution in [3.8, 4) is 5.69 Å². The van der Waals surface area contributed by atoms with E-state index < -0.39 is 9.84 Å². The molecule has 1 saturated heterocycles. The van der Waals surface area contributed by atoms with E-state index in [1.54, 1.807) is 22.0 Å². The molecule has 0 saturated carbocycles. The van der Waals surface area contributed by atoms with Gasteiger partial charge in [-0.05, 0) is 45.6 Å². The fourth-order valence-corrected chi connectivity index (χ4v) is 5.08. The van der Waals surface area contributed by atoms with Gasteiger partial charge in [0.2, 0.25) is 0 Å². The van der Waals surface area contributed by atoms with Crippen LogP contribution in [0.15, 0.2) is 42.7 Å². The zero-order valence-electron chi connectivity index (χ0n) is 15.8. The maximum atomic E-state index is 13.1. The van der Waals surface area contributed by atoms with Gasteiger partial charge in [-0.25, -0.2) is 13.1 Å². The number of rotatable bonds is 7. The Hall–Kier alpha value is -2.19. The molecule has 0 spiro atoms. The first-order valence-corrected chi connectivity index (χ1v) is 10.9. The van der Waals surface area contributed by atoms with Gasteiger partial charge in [-0.3, -0.25) is 4.79 Å². The maximum Gasteiger partial charge on any atom is 0.257 e. The summed E-state index contributed by atoms with van der Waals surface area (Å²) in [6.07, 6.45) is 4.56. The second-order valence-electron chi connectivity index (χ2n) is 7.22. The number of para-hydroxylation sites is 1. The van der Waals surface area contributed by atoms with Crippen LogP contribution >= 0.6 is 0 Å². The summed E-state index contributed by atoms with van der Waals surface area (Å²) >= 11 is 0. The molecule has 0 aliphatic carbocycles. The van der Waals surface area contributed by atoms with Crippen LogP contribution < -0.4 is 0 Å². The summed E-state index contributed by atoms with van der Waals surface area (Å²) < 4.78 is 25.5. The third-order valence-corrected chi connectivity index (χ3v) is 6.52. The topological polar surface area (TPSA) is 75.5 Å². The zero-order valence-corrected chi connectivity index (χ0v) is 16.6. The highest BCUT2D eigenvalue weighted by atomic mass is 32.2. The van der Waals surface area contributed by atoms with E-state index in [1.165, 1.54) is 0 Å². The Morgan fingerprint density at radius 3 is 2.59 bits per heavy atom. The predicted octanol–water partition coefficient (Wildman–Crippen LogP) is 1.45. The zero-order chi connectivity index (χ0) is 19.4. The Kier molecular flexibility index (Phi) is 5.96. The number of aromatic nitrogens is 2. The van der Waals surface area contributed by atoms with Gasteiger partial charge in [0.1, 0.15) is 0 Å². The summed E-state index contributed by atoms with van der Waals surface area (Å²) in [6, 6.07) is 9.32. The molecule has 1 atom stereocenters. The van der Waals surface area contributed by atoms with Gasteiger partial charge in [0.15, 0.2) is 9.84 Å². The summed E-state index contributed by atoms with van der Waals surface area (Å²) in [6.45, 7) is 1.38. The van der Waals surface area contributed by atoms with Crippen molar-refractivity contribution in [1.29, 1.82) is 0 Å². The second kappa shape index (κ2) is 8.22. The van der Waals surface area contributed by atoms with E-state index in [1.807, 2.05) is 44.4 Å². The smallest absolute Gasteiger partial charge is 0.257 e. The summed E-state index contributed by atoms with van der Waals surface area (Å²) in [4.78, 5) is 16.9. The predicted molar refractivity (Wildman–Crippen MR) is 105 cm³/mol. The molecule has 8 heteroatoms. The number of benzene rings is 1. The highest BCUT2D eigenvalue weighted by molar-refractivity contribution is 7.91. The molecular formula is C19H26N4O3S. The largest absolute Gasteiger partial charge is 0.334 e. The fraction of sp³-hybridized carbons (Fsp3) is 0.474. The van der Waals surface area contributed by atoms with Crippen LogP contribution in [0.5, 0.6) is 0 Å². The molecule has 1 aromatic heterocycles. The molecule has 3 rings (SSSR count). The van der Waals surface area contributed by atoms with Crippen molar-refractivity contribution in [3.05, 3.63) is 48.3 Å². The number of carbonyl (C=O) groups excluding carboxylic acids is 1. The molecule has 1 aliphatic rings. The van der Waals surface area contributed by atoms with Crippen molar-refractivity contribution in [2.45, 2.75) is 18.9 Å². The van der Waals surface area contributed by atoms with Gasteiger partial charge in [-0.1, -0.05) is 18.2 Å². The molecular weight excluding hydrogens is 364 g/mol. The van der Waals surface area contributed by atoms with Gasteiger partial charge in [0, 0.05) is 18.8 Å². The highest BCUT2D eigenvalue weighted by Gasteiger charge is 2.35. The average Bonchev–Trinajstić information content (AvgIpc) is 3.25. The van der Waals surface area contributed by atoms with E-state index in [2.05, 4.69) is 10.00 Å². The molecule has 146 valence electrons. The van der Waals surface area contributed by atoms with E-state index in [0.717, 1.165) is 18.7 Å².